The molecule has 13 heavy (non-hydrogen) atoms. The molecule has 1 aliphatic rings. The maximum absolute atomic E-state index is 5.69. The van der Waals surface area contributed by atoms with Crippen LogP contribution in [0.1, 0.15) is 5.56 Å². The number of rotatable bonds is 1. The van der Waals surface area contributed by atoms with Gasteiger partial charge < -0.3 is 10.6 Å². The second kappa shape index (κ2) is 3.31. The first-order valence-corrected chi connectivity index (χ1v) is 5.23. The fraction of sp³-hybridized carbons (Fsp3) is 0.400. The third-order valence-corrected chi connectivity index (χ3v) is 3.19. The molecule has 0 spiro atoms. The van der Waals surface area contributed by atoms with Crippen molar-refractivity contribution in [2.45, 2.75) is 12.5 Å². The molecule has 0 radical (unpaired) electrons. The summed E-state index contributed by atoms with van der Waals surface area (Å²) in [6.07, 6.45) is 1.07. The molecule has 0 aromatic heterocycles. The summed E-state index contributed by atoms with van der Waals surface area (Å²) in [4.78, 5) is 2.27. The Hall–Kier alpha value is -0.540. The summed E-state index contributed by atoms with van der Waals surface area (Å²) < 4.78 is 1.15. The molecule has 0 amide bonds. The first kappa shape index (κ1) is 9.03. The highest BCUT2D eigenvalue weighted by Crippen LogP contribution is 2.32. The molecule has 1 unspecified atom stereocenters. The van der Waals surface area contributed by atoms with Gasteiger partial charge in [-0.25, -0.2) is 0 Å². The molecule has 0 saturated carbocycles. The number of anilines is 1. The molecule has 2 rings (SSSR count). The van der Waals surface area contributed by atoms with E-state index in [4.69, 9.17) is 5.73 Å². The fourth-order valence-corrected chi connectivity index (χ4v) is 2.30. The second-order valence-electron chi connectivity index (χ2n) is 3.48. The maximum atomic E-state index is 5.69. The third-order valence-electron chi connectivity index (χ3n) is 2.70. The normalized spacial score (nSPS) is 20.5. The lowest BCUT2D eigenvalue weighted by atomic mass is 10.1. The molecular formula is C10H13BrN2. The van der Waals surface area contributed by atoms with E-state index in [-0.39, 0.29) is 0 Å². The van der Waals surface area contributed by atoms with Crippen LogP contribution in [-0.2, 0) is 6.42 Å². The highest BCUT2D eigenvalue weighted by Gasteiger charge is 2.24. The molecule has 0 bridgehead atoms. The van der Waals surface area contributed by atoms with Crippen LogP contribution >= 0.6 is 15.9 Å². The Morgan fingerprint density at radius 1 is 1.62 bits per heavy atom. The zero-order valence-corrected chi connectivity index (χ0v) is 9.21. The standard InChI is InChI=1S/C10H13BrN2/c1-13-9(6-12)5-7-4-8(11)2-3-10(7)13/h2-4,9H,5-6,12H2,1H3. The van der Waals surface area contributed by atoms with Crippen molar-refractivity contribution in [1.82, 2.24) is 0 Å². The minimum Gasteiger partial charge on any atom is -0.370 e. The zero-order valence-electron chi connectivity index (χ0n) is 7.63. The molecule has 0 fully saturated rings. The lowest BCUT2D eigenvalue weighted by Gasteiger charge is -2.20. The topological polar surface area (TPSA) is 29.3 Å². The van der Waals surface area contributed by atoms with Gasteiger partial charge in [-0.2, -0.15) is 0 Å². The molecule has 1 atom stereocenters. The van der Waals surface area contributed by atoms with Gasteiger partial charge in [0, 0.05) is 29.8 Å². The van der Waals surface area contributed by atoms with Crippen LogP contribution in [0.4, 0.5) is 5.69 Å². The van der Waals surface area contributed by atoms with E-state index < -0.39 is 0 Å². The average molecular weight is 241 g/mol. The number of halogens is 1. The Kier molecular flexibility index (Phi) is 2.30. The Bertz CT molecular complexity index is 325. The molecule has 1 aromatic rings. The van der Waals surface area contributed by atoms with E-state index in [0.717, 1.165) is 17.4 Å². The Morgan fingerprint density at radius 3 is 3.08 bits per heavy atom. The van der Waals surface area contributed by atoms with Crippen LogP contribution in [0.3, 0.4) is 0 Å². The molecule has 1 aromatic carbocycles. The Balaban J connectivity index is 2.38. The van der Waals surface area contributed by atoms with Crippen LogP contribution in [-0.4, -0.2) is 19.6 Å². The molecule has 1 aliphatic heterocycles. The molecule has 2 nitrogen and oxygen atoms in total. The van der Waals surface area contributed by atoms with Crippen molar-refractivity contribution >= 4 is 21.6 Å². The SMILES string of the molecule is CN1c2ccc(Br)cc2CC1CN. The van der Waals surface area contributed by atoms with Crippen molar-refractivity contribution in [3.63, 3.8) is 0 Å². The van der Waals surface area contributed by atoms with Gasteiger partial charge in [-0.1, -0.05) is 15.9 Å². The van der Waals surface area contributed by atoms with Gasteiger partial charge in [0.25, 0.3) is 0 Å². The van der Waals surface area contributed by atoms with Gasteiger partial charge in [-0.15, -0.1) is 0 Å². The predicted molar refractivity (Wildman–Crippen MR) is 59.1 cm³/mol. The molecule has 1 heterocycles. The molecule has 3 heteroatoms. The summed E-state index contributed by atoms with van der Waals surface area (Å²) in [7, 11) is 2.11. The molecule has 70 valence electrons. The van der Waals surface area contributed by atoms with Crippen molar-refractivity contribution in [3.8, 4) is 0 Å². The number of hydrogen-bond acceptors (Lipinski definition) is 2. The van der Waals surface area contributed by atoms with Crippen LogP contribution in [0.2, 0.25) is 0 Å². The summed E-state index contributed by atoms with van der Waals surface area (Å²) in [5.74, 6) is 0. The summed E-state index contributed by atoms with van der Waals surface area (Å²) in [5, 5.41) is 0. The van der Waals surface area contributed by atoms with Gasteiger partial charge in [-0.3, -0.25) is 0 Å². The third kappa shape index (κ3) is 1.46. The number of likely N-dealkylation sites (N-methyl/N-ethyl adjacent to an activating group) is 1. The minimum atomic E-state index is 0.476. The number of hydrogen-bond donors (Lipinski definition) is 1. The number of nitrogens with zero attached hydrogens (tertiary/aromatic N) is 1. The largest absolute Gasteiger partial charge is 0.370 e. The van der Waals surface area contributed by atoms with E-state index in [1.54, 1.807) is 0 Å². The van der Waals surface area contributed by atoms with Crippen LogP contribution in [0.15, 0.2) is 22.7 Å². The van der Waals surface area contributed by atoms with Crippen molar-refractivity contribution in [1.29, 1.82) is 0 Å². The lowest BCUT2D eigenvalue weighted by molar-refractivity contribution is 0.675. The van der Waals surface area contributed by atoms with Crippen molar-refractivity contribution in [3.05, 3.63) is 28.2 Å². The smallest absolute Gasteiger partial charge is 0.0450 e. The van der Waals surface area contributed by atoms with Crippen molar-refractivity contribution in [2.24, 2.45) is 5.73 Å². The summed E-state index contributed by atoms with van der Waals surface area (Å²) in [6.45, 7) is 0.725. The van der Waals surface area contributed by atoms with E-state index in [0.29, 0.717) is 6.04 Å². The van der Waals surface area contributed by atoms with Crippen LogP contribution in [0, 0.1) is 0 Å². The number of nitrogens with two attached hydrogens (primary N) is 1. The van der Waals surface area contributed by atoms with Gasteiger partial charge in [-0.05, 0) is 30.2 Å². The average Bonchev–Trinajstić information content (AvgIpc) is 2.42. The first-order chi connectivity index (χ1) is 6.22. The predicted octanol–water partition coefficient (Wildman–Crippen LogP) is 1.77. The molecular weight excluding hydrogens is 228 g/mol. The molecule has 2 N–H and O–H groups in total. The van der Waals surface area contributed by atoms with Crippen LogP contribution < -0.4 is 10.6 Å². The van der Waals surface area contributed by atoms with E-state index >= 15 is 0 Å². The van der Waals surface area contributed by atoms with Crippen LogP contribution in [0.5, 0.6) is 0 Å². The second-order valence-corrected chi connectivity index (χ2v) is 4.39. The van der Waals surface area contributed by atoms with Crippen LogP contribution in [0.25, 0.3) is 0 Å². The maximum Gasteiger partial charge on any atom is 0.0450 e. The van der Waals surface area contributed by atoms with Crippen molar-refractivity contribution in [2.75, 3.05) is 18.5 Å². The van der Waals surface area contributed by atoms with Gasteiger partial charge in [0.15, 0.2) is 0 Å². The Morgan fingerprint density at radius 2 is 2.38 bits per heavy atom. The summed E-state index contributed by atoms with van der Waals surface area (Å²) in [5.41, 5.74) is 8.40. The Labute approximate surface area is 86.9 Å². The lowest BCUT2D eigenvalue weighted by Crippen LogP contribution is -2.34. The summed E-state index contributed by atoms with van der Waals surface area (Å²) in [6, 6.07) is 6.88. The van der Waals surface area contributed by atoms with E-state index in [2.05, 4.69) is 46.1 Å². The first-order valence-electron chi connectivity index (χ1n) is 4.43. The van der Waals surface area contributed by atoms with Gasteiger partial charge in [0.05, 0.1) is 0 Å². The summed E-state index contributed by atoms with van der Waals surface area (Å²) >= 11 is 3.48. The zero-order chi connectivity index (χ0) is 9.42. The highest BCUT2D eigenvalue weighted by atomic mass is 79.9. The highest BCUT2D eigenvalue weighted by molar-refractivity contribution is 9.10. The molecule has 0 saturated heterocycles. The van der Waals surface area contributed by atoms with Gasteiger partial charge >= 0.3 is 0 Å². The minimum absolute atomic E-state index is 0.476. The van der Waals surface area contributed by atoms with E-state index in [9.17, 15) is 0 Å². The molecule has 0 aliphatic carbocycles. The van der Waals surface area contributed by atoms with Gasteiger partial charge in [0.1, 0.15) is 0 Å². The monoisotopic (exact) mass is 240 g/mol. The number of benzene rings is 1. The quantitative estimate of drug-likeness (QED) is 0.811. The van der Waals surface area contributed by atoms with E-state index in [1.165, 1.54) is 11.3 Å². The van der Waals surface area contributed by atoms with Gasteiger partial charge in [0.2, 0.25) is 0 Å². The van der Waals surface area contributed by atoms with Crippen molar-refractivity contribution < 1.29 is 0 Å². The van der Waals surface area contributed by atoms with E-state index in [1.807, 2.05) is 0 Å². The number of fused-ring (bicyclic) bond motifs is 1. The fourth-order valence-electron chi connectivity index (χ4n) is 1.89.